The SMILES string of the molecule is C[C@@H](OC=O)[C@H]1CC[C@H]2[C@@H]3CC=C4C[C@@H](O)CC[C@]4(C)[C@H]3CC[C@]12/C(O)=C/[N+]#N. The average molecular weight is 402 g/mol. The fraction of sp³-hybridized carbons (Fsp3) is 0.783. The lowest BCUT2D eigenvalue weighted by Gasteiger charge is -2.58. The van der Waals surface area contributed by atoms with Gasteiger partial charge in [0.1, 0.15) is 6.10 Å². The van der Waals surface area contributed by atoms with E-state index in [0.29, 0.717) is 18.3 Å². The highest BCUT2D eigenvalue weighted by atomic mass is 16.5. The van der Waals surface area contributed by atoms with Crippen LogP contribution in [0.15, 0.2) is 23.6 Å². The van der Waals surface area contributed by atoms with Crippen molar-refractivity contribution in [1.82, 2.24) is 0 Å². The molecule has 0 unspecified atom stereocenters. The van der Waals surface area contributed by atoms with E-state index in [1.165, 1.54) is 11.8 Å². The number of fused-ring (bicyclic) bond motifs is 5. The maximum Gasteiger partial charge on any atom is 0.387 e. The van der Waals surface area contributed by atoms with Crippen molar-refractivity contribution in [2.45, 2.75) is 77.4 Å². The van der Waals surface area contributed by atoms with Crippen LogP contribution in [0.1, 0.15) is 65.2 Å². The molecule has 4 aliphatic carbocycles. The van der Waals surface area contributed by atoms with Crippen LogP contribution in [0.2, 0.25) is 0 Å². The van der Waals surface area contributed by atoms with Gasteiger partial charge >= 0.3 is 6.20 Å². The number of rotatable bonds is 4. The van der Waals surface area contributed by atoms with Crippen molar-refractivity contribution in [2.75, 3.05) is 0 Å². The average Bonchev–Trinajstić information content (AvgIpc) is 3.10. The largest absolute Gasteiger partial charge is 0.505 e. The number of allylic oxidation sites excluding steroid dienone is 2. The molecule has 0 heterocycles. The van der Waals surface area contributed by atoms with Crippen molar-refractivity contribution < 1.29 is 19.7 Å². The highest BCUT2D eigenvalue weighted by Gasteiger charge is 2.64. The Morgan fingerprint density at radius 2 is 2.10 bits per heavy atom. The lowest BCUT2D eigenvalue weighted by Crippen LogP contribution is -2.53. The van der Waals surface area contributed by atoms with Crippen molar-refractivity contribution in [3.8, 4) is 0 Å². The number of hydrogen-bond acceptors (Lipinski definition) is 5. The molecule has 29 heavy (non-hydrogen) atoms. The molecule has 0 spiro atoms. The van der Waals surface area contributed by atoms with E-state index in [-0.39, 0.29) is 35.2 Å². The molecule has 158 valence electrons. The summed E-state index contributed by atoms with van der Waals surface area (Å²) < 4.78 is 5.33. The Morgan fingerprint density at radius 1 is 1.31 bits per heavy atom. The van der Waals surface area contributed by atoms with E-state index >= 15 is 0 Å². The number of ether oxygens (including phenoxy) is 1. The maximum atomic E-state index is 11.1. The molecule has 0 amide bonds. The van der Waals surface area contributed by atoms with Gasteiger partial charge in [0.25, 0.3) is 6.47 Å². The Kier molecular flexibility index (Phi) is 5.23. The van der Waals surface area contributed by atoms with Gasteiger partial charge in [0.2, 0.25) is 5.39 Å². The van der Waals surface area contributed by atoms with E-state index in [0.717, 1.165) is 51.4 Å². The molecule has 0 saturated heterocycles. The van der Waals surface area contributed by atoms with Gasteiger partial charge in [0.05, 0.1) is 6.10 Å². The fourth-order valence-corrected chi connectivity index (χ4v) is 7.88. The lowest BCUT2D eigenvalue weighted by molar-refractivity contribution is -0.140. The van der Waals surface area contributed by atoms with Crippen LogP contribution < -0.4 is 0 Å². The predicted octanol–water partition coefficient (Wildman–Crippen LogP) is 4.72. The summed E-state index contributed by atoms with van der Waals surface area (Å²) in [6.07, 6.45) is 10.3. The quantitative estimate of drug-likeness (QED) is 0.308. The van der Waals surface area contributed by atoms with Crippen LogP contribution >= 0.6 is 0 Å². The van der Waals surface area contributed by atoms with Gasteiger partial charge in [-0.05, 0) is 81.5 Å². The first kappa shape index (κ1) is 20.4. The van der Waals surface area contributed by atoms with Gasteiger partial charge in [-0.2, -0.15) is 0 Å². The molecule has 0 bridgehead atoms. The first-order chi connectivity index (χ1) is 13.9. The molecule has 4 aliphatic rings. The Balaban J connectivity index is 1.73. The highest BCUT2D eigenvalue weighted by Crippen LogP contribution is 2.68. The smallest absolute Gasteiger partial charge is 0.387 e. The summed E-state index contributed by atoms with van der Waals surface area (Å²) in [6.45, 7) is 4.78. The summed E-state index contributed by atoms with van der Waals surface area (Å²) in [4.78, 5) is 14.1. The molecule has 0 aromatic carbocycles. The second-order valence-corrected chi connectivity index (χ2v) is 9.99. The molecule has 2 N–H and O–H groups in total. The Hall–Kier alpha value is -1.87. The van der Waals surface area contributed by atoms with Gasteiger partial charge < -0.3 is 14.9 Å². The van der Waals surface area contributed by atoms with Gasteiger partial charge in [0.15, 0.2) is 10.7 Å². The third kappa shape index (κ3) is 2.92. The van der Waals surface area contributed by atoms with Crippen LogP contribution in [0, 0.1) is 39.9 Å². The van der Waals surface area contributed by atoms with Crippen LogP contribution in [0.3, 0.4) is 0 Å². The van der Waals surface area contributed by atoms with Crippen LogP contribution in [-0.2, 0) is 9.53 Å². The molecule has 8 atom stereocenters. The topological polar surface area (TPSA) is 94.9 Å². The van der Waals surface area contributed by atoms with Crippen molar-refractivity contribution >= 4 is 6.47 Å². The van der Waals surface area contributed by atoms with Gasteiger partial charge in [-0.15, -0.1) is 0 Å². The van der Waals surface area contributed by atoms with Crippen molar-refractivity contribution in [1.29, 1.82) is 5.39 Å². The number of carbonyl (C=O) groups excluding carboxylic acids is 1. The lowest BCUT2D eigenvalue weighted by atomic mass is 9.46. The minimum absolute atomic E-state index is 0.0167. The molecule has 4 rings (SSSR count). The molecular formula is C23H33N2O4+. The summed E-state index contributed by atoms with van der Waals surface area (Å²) in [5, 5.41) is 30.4. The number of carbonyl (C=O) groups is 1. The minimum atomic E-state index is -0.508. The van der Waals surface area contributed by atoms with Gasteiger partial charge in [-0.3, -0.25) is 4.79 Å². The van der Waals surface area contributed by atoms with Crippen molar-refractivity contribution in [3.05, 3.63) is 28.6 Å². The summed E-state index contributed by atoms with van der Waals surface area (Å²) >= 11 is 0. The summed E-state index contributed by atoms with van der Waals surface area (Å²) in [5.41, 5.74) is 1.03. The van der Waals surface area contributed by atoms with Crippen LogP contribution in [0.4, 0.5) is 0 Å². The molecule has 3 fully saturated rings. The third-order valence-electron chi connectivity index (χ3n) is 9.15. The predicted molar refractivity (Wildman–Crippen MR) is 108 cm³/mol. The first-order valence-electron chi connectivity index (χ1n) is 11.1. The molecule has 0 radical (unpaired) electrons. The van der Waals surface area contributed by atoms with Crippen molar-refractivity contribution in [3.63, 3.8) is 0 Å². The van der Waals surface area contributed by atoms with Crippen LogP contribution in [-0.4, -0.2) is 28.9 Å². The molecule has 6 heteroatoms. The molecule has 0 aliphatic heterocycles. The molecule has 0 aromatic heterocycles. The van der Waals surface area contributed by atoms with Gasteiger partial charge in [-0.25, -0.2) is 0 Å². The number of hydrogen-bond donors (Lipinski definition) is 2. The number of aliphatic hydroxyl groups excluding tert-OH is 2. The van der Waals surface area contributed by atoms with Crippen LogP contribution in [0.5, 0.6) is 0 Å². The zero-order chi connectivity index (χ0) is 20.8. The number of aliphatic hydroxyl groups is 2. The standard InChI is InChI=1S/C23H32N2O4/c1-14(29-13-26)18-5-6-20-17-4-3-15-11-16(27)7-9-22(15,2)19(17)8-10-23(18,20)21(28)12-25-24/h3,12-14,16-20,27H,4-11H2,1-2H3/p+1/b21-12-/t14-,16+,17-,18-,19+,20+,22+,23+/m1/s1. The summed E-state index contributed by atoms with van der Waals surface area (Å²) in [6, 6.07) is 0. The van der Waals surface area contributed by atoms with Crippen LogP contribution in [0.25, 0.3) is 4.98 Å². The van der Waals surface area contributed by atoms with E-state index in [2.05, 4.69) is 18.0 Å². The molecule has 0 aromatic rings. The molecule has 3 saturated carbocycles. The maximum absolute atomic E-state index is 11.1. The zero-order valence-electron chi connectivity index (χ0n) is 17.5. The Morgan fingerprint density at radius 3 is 2.83 bits per heavy atom. The Labute approximate surface area is 172 Å². The number of diazo groups is 1. The monoisotopic (exact) mass is 401 g/mol. The molecular weight excluding hydrogens is 368 g/mol. The highest BCUT2D eigenvalue weighted by molar-refractivity contribution is 5.38. The first-order valence-corrected chi connectivity index (χ1v) is 11.1. The minimum Gasteiger partial charge on any atom is -0.505 e. The fourth-order valence-electron chi connectivity index (χ4n) is 7.88. The van der Waals surface area contributed by atoms with E-state index in [1.807, 2.05) is 6.92 Å². The third-order valence-corrected chi connectivity index (χ3v) is 9.15. The molecule has 6 nitrogen and oxygen atoms in total. The number of nitrogens with zero attached hydrogens (tertiary/aromatic N) is 2. The second-order valence-electron chi connectivity index (χ2n) is 9.99. The zero-order valence-corrected chi connectivity index (χ0v) is 17.5. The van der Waals surface area contributed by atoms with E-state index in [4.69, 9.17) is 10.1 Å². The van der Waals surface area contributed by atoms with E-state index in [9.17, 15) is 15.0 Å². The summed E-state index contributed by atoms with van der Waals surface area (Å²) in [5.74, 6) is 1.39. The van der Waals surface area contributed by atoms with Gasteiger partial charge in [0, 0.05) is 11.3 Å². The Bertz CT molecular complexity index is 771. The normalized spacial score (nSPS) is 45.1. The summed E-state index contributed by atoms with van der Waals surface area (Å²) in [7, 11) is 0. The van der Waals surface area contributed by atoms with E-state index in [1.54, 1.807) is 0 Å². The van der Waals surface area contributed by atoms with Crippen molar-refractivity contribution in [2.24, 2.45) is 34.5 Å². The van der Waals surface area contributed by atoms with E-state index < -0.39 is 5.41 Å². The second kappa shape index (κ2) is 7.43. The van der Waals surface area contributed by atoms with Gasteiger partial charge in [-0.1, -0.05) is 18.6 Å².